The molecular weight excluding hydrogens is 412 g/mol. The Balaban J connectivity index is 1.71. The molecule has 0 spiro atoms. The number of nitrogens with one attached hydrogen (secondary N) is 1. The second kappa shape index (κ2) is 8.93. The predicted octanol–water partition coefficient (Wildman–Crippen LogP) is 5.18. The number of hydrogen-bond acceptors (Lipinski definition) is 4. The predicted molar refractivity (Wildman–Crippen MR) is 130 cm³/mol. The molecule has 1 fully saturated rings. The second-order valence-electron chi connectivity index (χ2n) is 10.6. The summed E-state index contributed by atoms with van der Waals surface area (Å²) in [7, 11) is 0. The number of ether oxygens (including phenoxy) is 1. The van der Waals surface area contributed by atoms with Gasteiger partial charge in [0.1, 0.15) is 5.69 Å². The minimum absolute atomic E-state index is 0.0116. The third-order valence-corrected chi connectivity index (χ3v) is 7.03. The van der Waals surface area contributed by atoms with Gasteiger partial charge in [0.15, 0.2) is 5.82 Å². The number of carbonyl (C=O) groups is 1. The van der Waals surface area contributed by atoms with E-state index in [0.717, 1.165) is 36.0 Å². The summed E-state index contributed by atoms with van der Waals surface area (Å²) >= 11 is 0. The monoisotopic (exact) mass is 446 g/mol. The van der Waals surface area contributed by atoms with Gasteiger partial charge in [-0.2, -0.15) is 0 Å². The highest BCUT2D eigenvalue weighted by Gasteiger charge is 2.39. The number of aromatic nitrogens is 2. The first-order chi connectivity index (χ1) is 15.6. The first-order valence-electron chi connectivity index (χ1n) is 11.8. The number of H-pyrrole nitrogens is 1. The highest BCUT2D eigenvalue weighted by Crippen LogP contribution is 2.42. The standard InChI is InChI=1S/C28H34N2O3/c1-6-23-17-29-26(30-23)25(31)13-21-7-8-22(28(32)15-18(2)33-19(3)16-28)14-24(21)20-9-11-27(4,5)12-10-20/h1,7-9,14,17-19,32H,10-13,15-16H2,2-5H3,(H,29,30)/t18-,19+,28?. The average molecular weight is 447 g/mol. The SMILES string of the molecule is C#Cc1cnc(C(=O)Cc2ccc(C3(O)C[C@@H](C)O[C@@H](C)C3)cc2C2=CCC(C)(C)CC2)[nH]1. The first-order valence-corrected chi connectivity index (χ1v) is 11.8. The van der Waals surface area contributed by atoms with Crippen molar-refractivity contribution in [2.75, 3.05) is 0 Å². The Morgan fingerprint density at radius 2 is 2.03 bits per heavy atom. The van der Waals surface area contributed by atoms with Gasteiger partial charge in [0.25, 0.3) is 0 Å². The van der Waals surface area contributed by atoms with Crippen molar-refractivity contribution in [1.82, 2.24) is 9.97 Å². The van der Waals surface area contributed by atoms with Crippen LogP contribution in [-0.4, -0.2) is 33.1 Å². The van der Waals surface area contributed by atoms with Crippen molar-refractivity contribution in [3.8, 4) is 12.3 Å². The van der Waals surface area contributed by atoms with Crippen molar-refractivity contribution in [3.63, 3.8) is 0 Å². The van der Waals surface area contributed by atoms with Gasteiger partial charge in [-0.1, -0.05) is 38.0 Å². The molecule has 0 radical (unpaired) electrons. The zero-order valence-electron chi connectivity index (χ0n) is 20.1. The van der Waals surface area contributed by atoms with Crippen molar-refractivity contribution in [2.24, 2.45) is 5.41 Å². The molecule has 5 nitrogen and oxygen atoms in total. The van der Waals surface area contributed by atoms with Crippen LogP contribution in [-0.2, 0) is 16.8 Å². The number of imidazole rings is 1. The van der Waals surface area contributed by atoms with E-state index in [-0.39, 0.29) is 35.7 Å². The molecule has 1 saturated heterocycles. The van der Waals surface area contributed by atoms with Crippen molar-refractivity contribution in [2.45, 2.75) is 84.0 Å². The number of rotatable bonds is 5. The highest BCUT2D eigenvalue weighted by atomic mass is 16.5. The minimum atomic E-state index is -0.939. The van der Waals surface area contributed by atoms with Crippen LogP contribution in [0.3, 0.4) is 0 Å². The van der Waals surface area contributed by atoms with Crippen LogP contribution < -0.4 is 0 Å². The number of carbonyl (C=O) groups excluding carboxylic acids is 1. The van der Waals surface area contributed by atoms with Gasteiger partial charge in [0.2, 0.25) is 5.78 Å². The zero-order valence-corrected chi connectivity index (χ0v) is 20.1. The molecule has 1 aliphatic carbocycles. The van der Waals surface area contributed by atoms with Crippen LogP contribution in [0.25, 0.3) is 5.57 Å². The number of nitrogens with zero attached hydrogens (tertiary/aromatic N) is 1. The molecule has 2 heterocycles. The fourth-order valence-electron chi connectivity index (χ4n) is 5.20. The summed E-state index contributed by atoms with van der Waals surface area (Å²) in [5.74, 6) is 2.65. The molecule has 174 valence electrons. The lowest BCUT2D eigenvalue weighted by atomic mass is 9.75. The van der Waals surface area contributed by atoms with E-state index >= 15 is 0 Å². The molecule has 5 heteroatoms. The summed E-state index contributed by atoms with van der Waals surface area (Å²) in [4.78, 5) is 20.0. The van der Waals surface area contributed by atoms with Gasteiger partial charge in [-0.25, -0.2) is 4.98 Å². The Morgan fingerprint density at radius 1 is 1.30 bits per heavy atom. The highest BCUT2D eigenvalue weighted by molar-refractivity contribution is 5.95. The molecule has 0 amide bonds. The fraction of sp³-hybridized carbons (Fsp3) is 0.500. The van der Waals surface area contributed by atoms with E-state index in [0.29, 0.717) is 18.5 Å². The van der Waals surface area contributed by atoms with Crippen LogP contribution in [0, 0.1) is 17.8 Å². The summed E-state index contributed by atoms with van der Waals surface area (Å²) in [6.07, 6.45) is 13.6. The summed E-state index contributed by atoms with van der Waals surface area (Å²) in [5.41, 5.74) is 3.99. The molecule has 2 N–H and O–H groups in total. The van der Waals surface area contributed by atoms with E-state index in [1.54, 1.807) is 0 Å². The quantitative estimate of drug-likeness (QED) is 0.490. The van der Waals surface area contributed by atoms with Gasteiger partial charge in [-0.05, 0) is 66.9 Å². The molecule has 4 rings (SSSR count). The van der Waals surface area contributed by atoms with Crippen molar-refractivity contribution in [1.29, 1.82) is 0 Å². The number of hydrogen-bond donors (Lipinski definition) is 2. The van der Waals surface area contributed by atoms with Gasteiger partial charge >= 0.3 is 0 Å². The molecule has 1 aromatic heterocycles. The van der Waals surface area contributed by atoms with E-state index in [2.05, 4.69) is 41.9 Å². The number of aromatic amines is 1. The Bertz CT molecular complexity index is 1110. The molecule has 0 bridgehead atoms. The number of ketones is 1. The summed E-state index contributed by atoms with van der Waals surface area (Å²) in [6, 6.07) is 6.07. The number of terminal acetylenes is 1. The maximum Gasteiger partial charge on any atom is 0.202 e. The third kappa shape index (κ3) is 5.13. The minimum Gasteiger partial charge on any atom is -0.385 e. The summed E-state index contributed by atoms with van der Waals surface area (Å²) in [5, 5.41) is 11.6. The number of benzene rings is 1. The maximum absolute atomic E-state index is 13.0. The van der Waals surface area contributed by atoms with Crippen LogP contribution in [0.5, 0.6) is 0 Å². The van der Waals surface area contributed by atoms with Crippen LogP contribution in [0.1, 0.15) is 92.8 Å². The normalized spacial score (nSPS) is 27.0. The molecule has 33 heavy (non-hydrogen) atoms. The Labute approximate surface area is 196 Å². The van der Waals surface area contributed by atoms with E-state index in [1.165, 1.54) is 11.8 Å². The average Bonchev–Trinajstić information content (AvgIpc) is 3.23. The van der Waals surface area contributed by atoms with Gasteiger partial charge in [0.05, 0.1) is 24.0 Å². The second-order valence-corrected chi connectivity index (χ2v) is 10.6. The first kappa shape index (κ1) is 23.5. The maximum atomic E-state index is 13.0. The van der Waals surface area contributed by atoms with Crippen molar-refractivity contribution < 1.29 is 14.6 Å². The lowest BCUT2D eigenvalue weighted by Crippen LogP contribution is -2.41. The Kier molecular flexibility index (Phi) is 6.35. The third-order valence-electron chi connectivity index (χ3n) is 7.03. The van der Waals surface area contributed by atoms with Crippen LogP contribution >= 0.6 is 0 Å². The number of allylic oxidation sites excluding steroid dienone is 2. The molecule has 1 unspecified atom stereocenters. The van der Waals surface area contributed by atoms with Gasteiger partial charge in [-0.15, -0.1) is 6.42 Å². The Hall–Kier alpha value is -2.68. The summed E-state index contributed by atoms with van der Waals surface area (Å²) < 4.78 is 5.87. The van der Waals surface area contributed by atoms with Crippen LogP contribution in [0.15, 0.2) is 30.5 Å². The van der Waals surface area contributed by atoms with Crippen LogP contribution in [0.2, 0.25) is 0 Å². The molecule has 0 saturated carbocycles. The molecule has 1 aliphatic heterocycles. The smallest absolute Gasteiger partial charge is 0.202 e. The topological polar surface area (TPSA) is 75.2 Å². The van der Waals surface area contributed by atoms with Crippen molar-refractivity contribution >= 4 is 11.4 Å². The van der Waals surface area contributed by atoms with Crippen molar-refractivity contribution in [3.05, 3.63) is 58.7 Å². The van der Waals surface area contributed by atoms with E-state index in [9.17, 15) is 9.90 Å². The number of aliphatic hydroxyl groups is 1. The lowest BCUT2D eigenvalue weighted by molar-refractivity contribution is -0.135. The Morgan fingerprint density at radius 3 is 2.64 bits per heavy atom. The molecule has 2 aromatic rings. The zero-order chi connectivity index (χ0) is 23.8. The van der Waals surface area contributed by atoms with Crippen LogP contribution in [0.4, 0.5) is 0 Å². The molecule has 1 aromatic carbocycles. The molecular formula is C28H34N2O3. The molecule has 3 atom stereocenters. The van der Waals surface area contributed by atoms with Gasteiger partial charge in [-0.3, -0.25) is 4.79 Å². The largest absolute Gasteiger partial charge is 0.385 e. The van der Waals surface area contributed by atoms with E-state index < -0.39 is 5.60 Å². The fourth-order valence-corrected chi connectivity index (χ4v) is 5.20. The molecule has 2 aliphatic rings. The van der Waals surface area contributed by atoms with E-state index in [1.807, 2.05) is 26.0 Å². The van der Waals surface area contributed by atoms with Gasteiger partial charge < -0.3 is 14.8 Å². The van der Waals surface area contributed by atoms with Gasteiger partial charge in [0, 0.05) is 19.3 Å². The van der Waals surface area contributed by atoms with E-state index in [4.69, 9.17) is 11.2 Å². The lowest BCUT2D eigenvalue weighted by Gasteiger charge is -2.40. The number of Topliss-reactive ketones (excluding diaryl/α,β-unsaturated/α-hetero) is 1. The summed E-state index contributed by atoms with van der Waals surface area (Å²) in [6.45, 7) is 8.59.